The summed E-state index contributed by atoms with van der Waals surface area (Å²) in [6.07, 6.45) is 0. The van der Waals surface area contributed by atoms with Crippen molar-refractivity contribution < 1.29 is 5.11 Å². The van der Waals surface area contributed by atoms with E-state index in [9.17, 15) is 9.90 Å². The number of aryl methyl sites for hydroxylation is 3. The van der Waals surface area contributed by atoms with Gasteiger partial charge in [-0.3, -0.25) is 4.79 Å². The molecule has 0 aliphatic rings. The van der Waals surface area contributed by atoms with Gasteiger partial charge in [0.2, 0.25) is 0 Å². The van der Waals surface area contributed by atoms with E-state index in [0.717, 1.165) is 11.1 Å². The zero-order chi connectivity index (χ0) is 14.2. The number of benzene rings is 1. The molecule has 4 heteroatoms. The van der Waals surface area contributed by atoms with Crippen molar-refractivity contribution in [2.45, 2.75) is 20.8 Å². The standard InChI is InChI=1S/C15H14N2O2/c1-9-4-5-13(11(3)6-9)17-14(18)7-10(2)12(8-16)15(17)19/h4-7,18H,1-3H3. The lowest BCUT2D eigenvalue weighted by Crippen LogP contribution is -2.22. The molecule has 0 bridgehead atoms. The third-order valence-electron chi connectivity index (χ3n) is 3.09. The molecule has 0 saturated carbocycles. The molecule has 1 N–H and O–H groups in total. The molecular formula is C15H14N2O2. The zero-order valence-corrected chi connectivity index (χ0v) is 11.1. The monoisotopic (exact) mass is 254 g/mol. The van der Waals surface area contributed by atoms with Gasteiger partial charge in [0.15, 0.2) is 5.88 Å². The largest absolute Gasteiger partial charge is 0.494 e. The van der Waals surface area contributed by atoms with Crippen LogP contribution in [0.5, 0.6) is 5.88 Å². The van der Waals surface area contributed by atoms with E-state index in [-0.39, 0.29) is 11.4 Å². The van der Waals surface area contributed by atoms with Crippen molar-refractivity contribution in [3.05, 3.63) is 56.9 Å². The van der Waals surface area contributed by atoms with Crippen molar-refractivity contribution in [2.75, 3.05) is 0 Å². The number of hydrogen-bond acceptors (Lipinski definition) is 3. The predicted octanol–water partition coefficient (Wildman–Crippen LogP) is 2.34. The SMILES string of the molecule is Cc1ccc(-n2c(O)cc(C)c(C#N)c2=O)c(C)c1. The summed E-state index contributed by atoms with van der Waals surface area (Å²) in [7, 11) is 0. The van der Waals surface area contributed by atoms with Gasteiger partial charge in [-0.25, -0.2) is 4.57 Å². The third-order valence-corrected chi connectivity index (χ3v) is 3.09. The number of nitrogens with zero attached hydrogens (tertiary/aromatic N) is 2. The van der Waals surface area contributed by atoms with Crippen molar-refractivity contribution in [3.8, 4) is 17.6 Å². The van der Waals surface area contributed by atoms with E-state index < -0.39 is 5.56 Å². The summed E-state index contributed by atoms with van der Waals surface area (Å²) in [5.74, 6) is -0.159. The average Bonchev–Trinajstić information content (AvgIpc) is 2.31. The fourth-order valence-corrected chi connectivity index (χ4v) is 2.14. The summed E-state index contributed by atoms with van der Waals surface area (Å²) in [4.78, 5) is 12.3. The Bertz CT molecular complexity index is 752. The van der Waals surface area contributed by atoms with E-state index in [0.29, 0.717) is 11.3 Å². The van der Waals surface area contributed by atoms with E-state index in [1.165, 1.54) is 10.6 Å². The molecule has 0 atom stereocenters. The summed E-state index contributed by atoms with van der Waals surface area (Å²) in [5, 5.41) is 19.0. The van der Waals surface area contributed by atoms with E-state index in [2.05, 4.69) is 0 Å². The number of aromatic nitrogens is 1. The number of hydrogen-bond donors (Lipinski definition) is 1. The lowest BCUT2D eigenvalue weighted by molar-refractivity contribution is 0.434. The first-order valence-corrected chi connectivity index (χ1v) is 5.89. The topological polar surface area (TPSA) is 66.0 Å². The molecule has 1 aromatic carbocycles. The van der Waals surface area contributed by atoms with Gasteiger partial charge in [-0.15, -0.1) is 0 Å². The highest BCUT2D eigenvalue weighted by atomic mass is 16.3. The first kappa shape index (κ1) is 12.9. The summed E-state index contributed by atoms with van der Waals surface area (Å²) in [6, 6.07) is 8.87. The smallest absolute Gasteiger partial charge is 0.276 e. The third kappa shape index (κ3) is 2.11. The molecule has 1 heterocycles. The molecule has 0 aliphatic heterocycles. The molecule has 0 saturated heterocycles. The zero-order valence-electron chi connectivity index (χ0n) is 11.1. The van der Waals surface area contributed by atoms with Crippen LogP contribution in [0.15, 0.2) is 29.1 Å². The number of pyridine rings is 1. The molecule has 4 nitrogen and oxygen atoms in total. The quantitative estimate of drug-likeness (QED) is 0.849. The van der Waals surface area contributed by atoms with Crippen LogP contribution in [0.3, 0.4) is 0 Å². The maximum atomic E-state index is 12.3. The Kier molecular flexibility index (Phi) is 3.14. The molecule has 0 radical (unpaired) electrons. The van der Waals surface area contributed by atoms with Crippen LogP contribution in [0.4, 0.5) is 0 Å². The minimum absolute atomic E-state index is 0.0535. The lowest BCUT2D eigenvalue weighted by atomic mass is 10.1. The minimum atomic E-state index is -0.494. The van der Waals surface area contributed by atoms with Crippen molar-refractivity contribution in [2.24, 2.45) is 0 Å². The van der Waals surface area contributed by atoms with E-state index in [1.807, 2.05) is 32.0 Å². The Morgan fingerprint density at radius 3 is 2.42 bits per heavy atom. The summed E-state index contributed by atoms with van der Waals surface area (Å²) >= 11 is 0. The van der Waals surface area contributed by atoms with Crippen LogP contribution in [-0.4, -0.2) is 9.67 Å². The molecular weight excluding hydrogens is 240 g/mol. The van der Waals surface area contributed by atoms with Crippen LogP contribution in [-0.2, 0) is 0 Å². The van der Waals surface area contributed by atoms with Gasteiger partial charge >= 0.3 is 0 Å². The molecule has 0 aliphatic carbocycles. The second kappa shape index (κ2) is 4.62. The van der Waals surface area contributed by atoms with Crippen LogP contribution >= 0.6 is 0 Å². The fourth-order valence-electron chi connectivity index (χ4n) is 2.14. The molecule has 0 spiro atoms. The van der Waals surface area contributed by atoms with E-state index in [4.69, 9.17) is 5.26 Å². The van der Waals surface area contributed by atoms with Crippen molar-refractivity contribution in [3.63, 3.8) is 0 Å². The first-order valence-electron chi connectivity index (χ1n) is 5.89. The van der Waals surface area contributed by atoms with Crippen LogP contribution in [0.1, 0.15) is 22.3 Å². The van der Waals surface area contributed by atoms with Crippen molar-refractivity contribution >= 4 is 0 Å². The molecule has 2 rings (SSSR count). The molecule has 0 fully saturated rings. The molecule has 0 unspecified atom stereocenters. The van der Waals surface area contributed by atoms with Gasteiger partial charge in [0, 0.05) is 6.07 Å². The minimum Gasteiger partial charge on any atom is -0.494 e. The Morgan fingerprint density at radius 2 is 1.84 bits per heavy atom. The van der Waals surface area contributed by atoms with Gasteiger partial charge in [0.25, 0.3) is 5.56 Å². The average molecular weight is 254 g/mol. The van der Waals surface area contributed by atoms with Crippen molar-refractivity contribution in [1.82, 2.24) is 4.57 Å². The van der Waals surface area contributed by atoms with Gasteiger partial charge < -0.3 is 5.11 Å². The Balaban J connectivity index is 2.84. The van der Waals surface area contributed by atoms with Gasteiger partial charge in [-0.2, -0.15) is 5.26 Å². The van der Waals surface area contributed by atoms with Crippen LogP contribution in [0.2, 0.25) is 0 Å². The fraction of sp³-hybridized carbons (Fsp3) is 0.200. The molecule has 0 amide bonds. The maximum absolute atomic E-state index is 12.3. The molecule has 1 aromatic heterocycles. The van der Waals surface area contributed by atoms with E-state index in [1.54, 1.807) is 13.0 Å². The van der Waals surface area contributed by atoms with Gasteiger partial charge in [0.1, 0.15) is 11.6 Å². The summed E-state index contributed by atoms with van der Waals surface area (Å²) < 4.78 is 1.17. The number of aromatic hydroxyl groups is 1. The normalized spacial score (nSPS) is 10.2. The van der Waals surface area contributed by atoms with Gasteiger partial charge in [-0.05, 0) is 38.0 Å². The molecule has 2 aromatic rings. The maximum Gasteiger partial charge on any atom is 0.276 e. The predicted molar refractivity (Wildman–Crippen MR) is 72.6 cm³/mol. The Morgan fingerprint density at radius 1 is 1.16 bits per heavy atom. The van der Waals surface area contributed by atoms with Crippen LogP contribution < -0.4 is 5.56 Å². The highest BCUT2D eigenvalue weighted by Gasteiger charge is 2.14. The summed E-state index contributed by atoms with van der Waals surface area (Å²) in [5.41, 5.74) is 2.56. The van der Waals surface area contributed by atoms with Crippen molar-refractivity contribution in [1.29, 1.82) is 5.26 Å². The van der Waals surface area contributed by atoms with Crippen LogP contribution in [0, 0.1) is 32.1 Å². The highest BCUT2D eigenvalue weighted by Crippen LogP contribution is 2.21. The second-order valence-corrected chi connectivity index (χ2v) is 4.60. The highest BCUT2D eigenvalue weighted by molar-refractivity contribution is 5.48. The molecule has 19 heavy (non-hydrogen) atoms. The first-order chi connectivity index (χ1) is 8.95. The van der Waals surface area contributed by atoms with Gasteiger partial charge in [-0.1, -0.05) is 17.7 Å². The molecule has 96 valence electrons. The van der Waals surface area contributed by atoms with E-state index >= 15 is 0 Å². The summed E-state index contributed by atoms with van der Waals surface area (Å²) in [6.45, 7) is 5.45. The number of nitriles is 1. The Hall–Kier alpha value is -2.54. The van der Waals surface area contributed by atoms with Gasteiger partial charge in [0.05, 0.1) is 5.69 Å². The number of rotatable bonds is 1. The lowest BCUT2D eigenvalue weighted by Gasteiger charge is -2.13. The Labute approximate surface area is 111 Å². The van der Waals surface area contributed by atoms with Crippen LogP contribution in [0.25, 0.3) is 5.69 Å². The second-order valence-electron chi connectivity index (χ2n) is 4.60.